The molecule has 0 radical (unpaired) electrons. The van der Waals surface area contributed by atoms with E-state index in [2.05, 4.69) is 30.3 Å². The monoisotopic (exact) mass is 290 g/mol. The van der Waals surface area contributed by atoms with Gasteiger partial charge in [-0.3, -0.25) is 0 Å². The van der Waals surface area contributed by atoms with E-state index in [0.29, 0.717) is 13.0 Å². The predicted molar refractivity (Wildman–Crippen MR) is 72.9 cm³/mol. The Bertz CT molecular complexity index is 437. The lowest BCUT2D eigenvalue weighted by Gasteiger charge is -2.33. The minimum absolute atomic E-state index is 0.0517. The molecule has 1 aromatic rings. The van der Waals surface area contributed by atoms with Crippen molar-refractivity contribution in [2.75, 3.05) is 0 Å². The second-order valence-electron chi connectivity index (χ2n) is 6.53. The molecule has 0 N–H and O–H groups in total. The molecule has 0 aromatic carbocycles. The molecule has 108 valence electrons. The van der Waals surface area contributed by atoms with Crippen LogP contribution in [0.5, 0.6) is 0 Å². The van der Waals surface area contributed by atoms with Gasteiger partial charge in [0.2, 0.25) is 5.92 Å². The average Bonchev–Trinajstić information content (AvgIpc) is 2.69. The first kappa shape index (κ1) is 14.8. The van der Waals surface area contributed by atoms with Gasteiger partial charge in [0.25, 0.3) is 0 Å². The highest BCUT2D eigenvalue weighted by molar-refractivity contribution is 6.20. The van der Waals surface area contributed by atoms with E-state index in [1.165, 1.54) is 0 Å². The molecule has 2 rings (SSSR count). The van der Waals surface area contributed by atoms with Gasteiger partial charge in [0.1, 0.15) is 5.82 Å². The molecule has 5 heteroatoms. The van der Waals surface area contributed by atoms with Crippen LogP contribution in [-0.2, 0) is 12.0 Å². The van der Waals surface area contributed by atoms with Crippen molar-refractivity contribution in [3.63, 3.8) is 0 Å². The van der Waals surface area contributed by atoms with Crippen molar-refractivity contribution in [1.29, 1.82) is 0 Å². The van der Waals surface area contributed by atoms with Crippen molar-refractivity contribution < 1.29 is 8.78 Å². The molecule has 0 spiro atoms. The summed E-state index contributed by atoms with van der Waals surface area (Å²) in [6, 6.07) is 0. The highest BCUT2D eigenvalue weighted by Crippen LogP contribution is 2.40. The predicted octanol–water partition coefficient (Wildman–Crippen LogP) is 4.22. The Kier molecular flexibility index (Phi) is 3.92. The van der Waals surface area contributed by atoms with E-state index in [4.69, 9.17) is 11.6 Å². The summed E-state index contributed by atoms with van der Waals surface area (Å²) in [5.41, 5.74) is -0.0517. The van der Waals surface area contributed by atoms with E-state index in [9.17, 15) is 8.78 Å². The number of nitrogens with zero attached hydrogens (tertiary/aromatic N) is 2. The molecule has 2 atom stereocenters. The average molecular weight is 291 g/mol. The first-order valence-corrected chi connectivity index (χ1v) is 7.16. The van der Waals surface area contributed by atoms with Crippen molar-refractivity contribution in [3.8, 4) is 0 Å². The van der Waals surface area contributed by atoms with Crippen LogP contribution >= 0.6 is 11.6 Å². The van der Waals surface area contributed by atoms with Crippen LogP contribution in [0.2, 0.25) is 0 Å². The smallest absolute Gasteiger partial charge is 0.249 e. The largest absolute Gasteiger partial charge is 0.334 e. The van der Waals surface area contributed by atoms with Crippen LogP contribution in [0.4, 0.5) is 8.78 Å². The minimum atomic E-state index is -2.59. The quantitative estimate of drug-likeness (QED) is 0.746. The van der Waals surface area contributed by atoms with Crippen LogP contribution in [0.3, 0.4) is 0 Å². The van der Waals surface area contributed by atoms with E-state index in [-0.39, 0.29) is 24.2 Å². The maximum atomic E-state index is 13.3. The van der Waals surface area contributed by atoms with Crippen molar-refractivity contribution in [2.24, 2.45) is 5.92 Å². The number of hydrogen-bond acceptors (Lipinski definition) is 1. The molecule has 2 nitrogen and oxygen atoms in total. The standard InChI is InChI=1S/C14H21ClF2N2/c1-13(2,3)12-18-6-7-19(12)9-10-4-5-14(16,17)8-11(10)15/h6-7,10-11H,4-5,8-9H2,1-3H3. The Morgan fingerprint density at radius 3 is 2.74 bits per heavy atom. The van der Waals surface area contributed by atoms with Crippen LogP contribution < -0.4 is 0 Å². The van der Waals surface area contributed by atoms with Gasteiger partial charge in [0, 0.05) is 42.6 Å². The van der Waals surface area contributed by atoms with Gasteiger partial charge in [-0.1, -0.05) is 20.8 Å². The van der Waals surface area contributed by atoms with Crippen molar-refractivity contribution in [2.45, 2.75) is 63.3 Å². The summed E-state index contributed by atoms with van der Waals surface area (Å²) in [7, 11) is 0. The summed E-state index contributed by atoms with van der Waals surface area (Å²) in [5.74, 6) is -1.52. The Morgan fingerprint density at radius 1 is 1.47 bits per heavy atom. The Balaban J connectivity index is 2.09. The fourth-order valence-corrected chi connectivity index (χ4v) is 3.12. The van der Waals surface area contributed by atoms with Crippen LogP contribution in [0.15, 0.2) is 12.4 Å². The van der Waals surface area contributed by atoms with E-state index in [1.54, 1.807) is 6.20 Å². The molecule has 1 aliphatic carbocycles. The second kappa shape index (κ2) is 5.04. The van der Waals surface area contributed by atoms with E-state index < -0.39 is 11.3 Å². The van der Waals surface area contributed by atoms with Gasteiger partial charge >= 0.3 is 0 Å². The molecule has 19 heavy (non-hydrogen) atoms. The minimum Gasteiger partial charge on any atom is -0.334 e. The lowest BCUT2D eigenvalue weighted by molar-refractivity contribution is -0.0454. The molecular formula is C14H21ClF2N2. The third kappa shape index (κ3) is 3.47. The van der Waals surface area contributed by atoms with Gasteiger partial charge in [-0.15, -0.1) is 11.6 Å². The van der Waals surface area contributed by atoms with E-state index in [0.717, 1.165) is 5.82 Å². The van der Waals surface area contributed by atoms with E-state index in [1.807, 2.05) is 6.20 Å². The fourth-order valence-electron chi connectivity index (χ4n) is 2.69. The number of hydrogen-bond donors (Lipinski definition) is 0. The number of alkyl halides is 3. The molecule has 1 heterocycles. The topological polar surface area (TPSA) is 17.8 Å². The highest BCUT2D eigenvalue weighted by Gasteiger charge is 2.40. The van der Waals surface area contributed by atoms with Gasteiger partial charge in [-0.2, -0.15) is 0 Å². The summed E-state index contributed by atoms with van der Waals surface area (Å²) >= 11 is 6.14. The Morgan fingerprint density at radius 2 is 2.16 bits per heavy atom. The number of rotatable bonds is 2. The Labute approximate surface area is 118 Å². The van der Waals surface area contributed by atoms with Gasteiger partial charge < -0.3 is 4.57 Å². The molecule has 0 saturated heterocycles. The van der Waals surface area contributed by atoms with Gasteiger partial charge in [0.15, 0.2) is 0 Å². The van der Waals surface area contributed by atoms with Gasteiger partial charge in [0.05, 0.1) is 0 Å². The van der Waals surface area contributed by atoms with Crippen LogP contribution in [0, 0.1) is 5.92 Å². The maximum Gasteiger partial charge on any atom is 0.249 e. The number of imidazole rings is 1. The van der Waals surface area contributed by atoms with E-state index >= 15 is 0 Å². The fraction of sp³-hybridized carbons (Fsp3) is 0.786. The summed E-state index contributed by atoms with van der Waals surface area (Å²) in [6.07, 6.45) is 3.89. The zero-order valence-electron chi connectivity index (χ0n) is 11.7. The third-order valence-corrected chi connectivity index (χ3v) is 4.21. The zero-order valence-corrected chi connectivity index (χ0v) is 12.4. The molecule has 0 bridgehead atoms. The summed E-state index contributed by atoms with van der Waals surface area (Å²) < 4.78 is 28.6. The lowest BCUT2D eigenvalue weighted by atomic mass is 9.86. The molecule has 1 saturated carbocycles. The molecule has 1 aliphatic rings. The molecule has 0 amide bonds. The molecule has 1 fully saturated rings. The van der Waals surface area contributed by atoms with Crippen LogP contribution in [0.1, 0.15) is 45.9 Å². The summed E-state index contributed by atoms with van der Waals surface area (Å²) in [4.78, 5) is 4.38. The highest BCUT2D eigenvalue weighted by atomic mass is 35.5. The number of aromatic nitrogens is 2. The molecule has 1 aromatic heterocycles. The van der Waals surface area contributed by atoms with Crippen LogP contribution in [-0.4, -0.2) is 20.9 Å². The Hall–Kier alpha value is -0.640. The molecule has 0 aliphatic heterocycles. The first-order chi connectivity index (χ1) is 8.69. The molecular weight excluding hydrogens is 270 g/mol. The van der Waals surface area contributed by atoms with Crippen molar-refractivity contribution in [3.05, 3.63) is 18.2 Å². The summed E-state index contributed by atoms with van der Waals surface area (Å²) in [5, 5.41) is -0.459. The first-order valence-electron chi connectivity index (χ1n) is 6.72. The number of halogens is 3. The normalized spacial score (nSPS) is 27.5. The lowest BCUT2D eigenvalue weighted by Crippen LogP contribution is -2.35. The zero-order chi connectivity index (χ0) is 14.3. The molecule has 2 unspecified atom stereocenters. The summed E-state index contributed by atoms with van der Waals surface area (Å²) in [6.45, 7) is 6.97. The van der Waals surface area contributed by atoms with Crippen LogP contribution in [0.25, 0.3) is 0 Å². The second-order valence-corrected chi connectivity index (χ2v) is 7.09. The SMILES string of the molecule is CC(C)(C)c1nccn1CC1CCC(F)(F)CC1Cl. The van der Waals surface area contributed by atoms with Crippen molar-refractivity contribution >= 4 is 11.6 Å². The third-order valence-electron chi connectivity index (χ3n) is 3.70. The van der Waals surface area contributed by atoms with Crippen molar-refractivity contribution in [1.82, 2.24) is 9.55 Å². The maximum absolute atomic E-state index is 13.3. The van der Waals surface area contributed by atoms with Gasteiger partial charge in [-0.05, 0) is 12.3 Å². The van der Waals surface area contributed by atoms with Gasteiger partial charge in [-0.25, -0.2) is 13.8 Å².